The summed E-state index contributed by atoms with van der Waals surface area (Å²) in [5, 5.41) is 8.66. The maximum absolute atomic E-state index is 14.5. The molecule has 0 spiro atoms. The summed E-state index contributed by atoms with van der Waals surface area (Å²) in [6, 6.07) is 8.45. The molecule has 154 valence electrons. The number of benzene rings is 2. The molecule has 1 fully saturated rings. The first-order valence-corrected chi connectivity index (χ1v) is 9.90. The van der Waals surface area contributed by atoms with Gasteiger partial charge in [-0.25, -0.2) is 8.78 Å². The van der Waals surface area contributed by atoms with Crippen LogP contribution in [0.15, 0.2) is 36.4 Å². The van der Waals surface area contributed by atoms with Crippen molar-refractivity contribution < 1.29 is 22.3 Å². The van der Waals surface area contributed by atoms with Crippen LogP contribution in [-0.4, -0.2) is 0 Å². The summed E-state index contributed by atoms with van der Waals surface area (Å²) in [5.74, 6) is -2.03. The number of ether oxygens (including phenoxy) is 1. The second-order valence-corrected chi connectivity index (χ2v) is 7.62. The molecule has 2 aromatic carbocycles. The minimum atomic E-state index is -3.76. The Hall–Kier alpha value is -2.55. The van der Waals surface area contributed by atoms with Crippen molar-refractivity contribution in [2.24, 2.45) is 5.92 Å². The number of nitrogens with zero attached hydrogens (tertiary/aromatic N) is 1. The zero-order valence-electron chi connectivity index (χ0n) is 16.2. The number of hydrogen-bond acceptors (Lipinski definition) is 2. The Bertz CT molecular complexity index is 858. The lowest BCUT2D eigenvalue weighted by Crippen LogP contribution is -2.22. The zero-order valence-corrected chi connectivity index (χ0v) is 16.2. The molecule has 0 radical (unpaired) electrons. The van der Waals surface area contributed by atoms with Crippen molar-refractivity contribution in [1.29, 1.82) is 5.26 Å². The molecule has 2 aromatic rings. The molecular weight excluding hydrogens is 382 g/mol. The van der Waals surface area contributed by atoms with Gasteiger partial charge >= 0.3 is 6.11 Å². The highest BCUT2D eigenvalue weighted by Crippen LogP contribution is 2.39. The second kappa shape index (κ2) is 8.86. The standard InChI is InChI=1S/C23H23F4NO/c1-2-3-15-4-6-16(7-5-15)17-8-10-18(11-9-17)23(26,27)29-19-12-21(24)20(14-28)22(25)13-19/h8-13,15-16H,2-7H2,1H3. The van der Waals surface area contributed by atoms with E-state index in [0.717, 1.165) is 37.2 Å². The van der Waals surface area contributed by atoms with Gasteiger partial charge in [-0.05, 0) is 55.2 Å². The van der Waals surface area contributed by atoms with Gasteiger partial charge in [0.05, 0.1) is 5.56 Å². The molecule has 0 atom stereocenters. The van der Waals surface area contributed by atoms with Crippen LogP contribution in [0.4, 0.5) is 17.6 Å². The first kappa shape index (κ1) is 21.2. The topological polar surface area (TPSA) is 33.0 Å². The minimum Gasteiger partial charge on any atom is -0.429 e. The van der Waals surface area contributed by atoms with E-state index in [-0.39, 0.29) is 0 Å². The molecule has 1 aliphatic rings. The van der Waals surface area contributed by atoms with E-state index in [1.807, 2.05) is 0 Å². The summed E-state index contributed by atoms with van der Waals surface area (Å²) < 4.78 is 60.8. The first-order chi connectivity index (χ1) is 13.8. The first-order valence-electron chi connectivity index (χ1n) is 9.90. The molecule has 6 heteroatoms. The van der Waals surface area contributed by atoms with Gasteiger partial charge in [-0.15, -0.1) is 0 Å². The number of halogens is 4. The maximum Gasteiger partial charge on any atom is 0.426 e. The lowest BCUT2D eigenvalue weighted by atomic mass is 9.77. The van der Waals surface area contributed by atoms with Gasteiger partial charge in [0, 0.05) is 12.1 Å². The van der Waals surface area contributed by atoms with Gasteiger partial charge in [0.1, 0.15) is 29.0 Å². The molecule has 0 bridgehead atoms. The van der Waals surface area contributed by atoms with E-state index in [2.05, 4.69) is 11.7 Å². The van der Waals surface area contributed by atoms with Gasteiger partial charge in [-0.2, -0.15) is 14.0 Å². The Labute approximate surface area is 168 Å². The van der Waals surface area contributed by atoms with Crippen LogP contribution in [0.2, 0.25) is 0 Å². The molecule has 2 nitrogen and oxygen atoms in total. The smallest absolute Gasteiger partial charge is 0.426 e. The molecule has 0 saturated heterocycles. The van der Waals surface area contributed by atoms with Gasteiger partial charge in [0.15, 0.2) is 0 Å². The molecule has 0 aliphatic heterocycles. The Balaban J connectivity index is 1.70. The highest BCUT2D eigenvalue weighted by atomic mass is 19.3. The predicted octanol–water partition coefficient (Wildman–Crippen LogP) is 7.04. The Morgan fingerprint density at radius 2 is 1.62 bits per heavy atom. The van der Waals surface area contributed by atoms with E-state index in [1.165, 1.54) is 31.0 Å². The van der Waals surface area contributed by atoms with Crippen molar-refractivity contribution in [2.45, 2.75) is 57.5 Å². The fourth-order valence-corrected chi connectivity index (χ4v) is 4.06. The van der Waals surface area contributed by atoms with E-state index >= 15 is 0 Å². The van der Waals surface area contributed by atoms with Crippen LogP contribution in [0.1, 0.15) is 68.1 Å². The summed E-state index contributed by atoms with van der Waals surface area (Å²) >= 11 is 0. The van der Waals surface area contributed by atoms with Gasteiger partial charge in [0.2, 0.25) is 0 Å². The van der Waals surface area contributed by atoms with Crippen molar-refractivity contribution in [1.82, 2.24) is 0 Å². The number of rotatable bonds is 6. The summed E-state index contributed by atoms with van der Waals surface area (Å²) in [6.45, 7) is 2.19. The summed E-state index contributed by atoms with van der Waals surface area (Å²) in [7, 11) is 0. The van der Waals surface area contributed by atoms with Gasteiger partial charge in [0.25, 0.3) is 0 Å². The molecule has 0 aromatic heterocycles. The largest absolute Gasteiger partial charge is 0.429 e. The Morgan fingerprint density at radius 3 is 2.14 bits per heavy atom. The molecular formula is C23H23F4NO. The van der Waals surface area contributed by atoms with E-state index in [1.54, 1.807) is 12.1 Å². The number of hydrogen-bond donors (Lipinski definition) is 0. The average Bonchev–Trinajstić information content (AvgIpc) is 2.68. The third-order valence-corrected chi connectivity index (χ3v) is 5.64. The molecule has 1 saturated carbocycles. The molecule has 1 aliphatic carbocycles. The van der Waals surface area contributed by atoms with Crippen LogP contribution in [0.25, 0.3) is 0 Å². The summed E-state index contributed by atoms with van der Waals surface area (Å²) in [6.07, 6.45) is 3.11. The van der Waals surface area contributed by atoms with Crippen molar-refractivity contribution in [3.8, 4) is 11.8 Å². The van der Waals surface area contributed by atoms with Crippen LogP contribution >= 0.6 is 0 Å². The van der Waals surface area contributed by atoms with Crippen LogP contribution in [0.5, 0.6) is 5.75 Å². The fourth-order valence-electron chi connectivity index (χ4n) is 4.06. The molecule has 29 heavy (non-hydrogen) atoms. The fraction of sp³-hybridized carbons (Fsp3) is 0.435. The van der Waals surface area contributed by atoms with Gasteiger partial charge in [-0.1, -0.05) is 31.9 Å². The molecule has 3 rings (SSSR count). The zero-order chi connectivity index (χ0) is 21.0. The highest BCUT2D eigenvalue weighted by molar-refractivity contribution is 5.38. The van der Waals surface area contributed by atoms with Gasteiger partial charge < -0.3 is 4.74 Å². The number of alkyl halides is 2. The van der Waals surface area contributed by atoms with Crippen LogP contribution < -0.4 is 4.74 Å². The number of nitriles is 1. The summed E-state index contributed by atoms with van der Waals surface area (Å²) in [5.41, 5.74) is -0.209. The maximum atomic E-state index is 14.5. The monoisotopic (exact) mass is 405 g/mol. The molecule has 0 N–H and O–H groups in total. The lowest BCUT2D eigenvalue weighted by molar-refractivity contribution is -0.185. The third kappa shape index (κ3) is 4.90. The highest BCUT2D eigenvalue weighted by Gasteiger charge is 2.35. The van der Waals surface area contributed by atoms with E-state index in [9.17, 15) is 17.6 Å². The van der Waals surface area contributed by atoms with Crippen LogP contribution in [0, 0.1) is 28.9 Å². The van der Waals surface area contributed by atoms with E-state index in [4.69, 9.17) is 5.26 Å². The van der Waals surface area contributed by atoms with E-state index in [0.29, 0.717) is 18.1 Å². The van der Waals surface area contributed by atoms with Crippen molar-refractivity contribution in [2.75, 3.05) is 0 Å². The third-order valence-electron chi connectivity index (χ3n) is 5.64. The van der Waals surface area contributed by atoms with Crippen LogP contribution in [0.3, 0.4) is 0 Å². The quantitative estimate of drug-likeness (QED) is 0.483. The lowest BCUT2D eigenvalue weighted by Gasteiger charge is -2.29. The summed E-state index contributed by atoms with van der Waals surface area (Å²) in [4.78, 5) is 0. The van der Waals surface area contributed by atoms with Crippen molar-refractivity contribution >= 4 is 0 Å². The average molecular weight is 405 g/mol. The van der Waals surface area contributed by atoms with E-state index < -0.39 is 34.6 Å². The SMILES string of the molecule is CCCC1CCC(c2ccc(C(F)(F)Oc3cc(F)c(C#N)c(F)c3)cc2)CC1. The second-order valence-electron chi connectivity index (χ2n) is 7.62. The minimum absolute atomic E-state index is 0.369. The normalized spacial score (nSPS) is 19.6. The van der Waals surface area contributed by atoms with Crippen molar-refractivity contribution in [3.63, 3.8) is 0 Å². The Morgan fingerprint density at radius 1 is 1.03 bits per heavy atom. The van der Waals surface area contributed by atoms with Crippen LogP contribution in [-0.2, 0) is 6.11 Å². The predicted molar refractivity (Wildman–Crippen MR) is 102 cm³/mol. The molecule has 0 heterocycles. The Kier molecular flexibility index (Phi) is 6.46. The molecule has 0 unspecified atom stereocenters. The van der Waals surface area contributed by atoms with Crippen molar-refractivity contribution in [3.05, 3.63) is 64.7 Å². The van der Waals surface area contributed by atoms with Gasteiger partial charge in [-0.3, -0.25) is 0 Å². The molecule has 0 amide bonds.